The van der Waals surface area contributed by atoms with Crippen LogP contribution in [0.3, 0.4) is 0 Å². The van der Waals surface area contributed by atoms with E-state index in [0.717, 1.165) is 54.0 Å². The molecule has 4 aromatic carbocycles. The Morgan fingerprint density at radius 2 is 1.51 bits per heavy atom. The lowest BCUT2D eigenvalue weighted by molar-refractivity contribution is -0.140. The van der Waals surface area contributed by atoms with Crippen LogP contribution in [0.5, 0.6) is 5.75 Å². The number of aromatic hydroxyl groups is 1. The van der Waals surface area contributed by atoms with E-state index < -0.39 is 29.7 Å². The molecule has 0 aliphatic heterocycles. The molecular weight excluding hydrogens is 614 g/mol. The van der Waals surface area contributed by atoms with Crippen LogP contribution in [0.4, 0.5) is 10.5 Å². The van der Waals surface area contributed by atoms with Crippen molar-refractivity contribution in [2.45, 2.75) is 97.2 Å². The molecule has 0 aliphatic carbocycles. The van der Waals surface area contributed by atoms with Gasteiger partial charge in [0.1, 0.15) is 23.4 Å². The number of nitrogens with one attached hydrogen (secondary N) is 2. The largest absolute Gasteiger partial charge is 0.508 e. The molecule has 0 aromatic heterocycles. The van der Waals surface area contributed by atoms with E-state index in [1.165, 1.54) is 0 Å². The number of carbonyl (C=O) groups excluding carboxylic acids is 3. The van der Waals surface area contributed by atoms with Crippen LogP contribution in [0.2, 0.25) is 0 Å². The molecule has 260 valence electrons. The monoisotopic (exact) mass is 665 g/mol. The van der Waals surface area contributed by atoms with Gasteiger partial charge in [0, 0.05) is 18.7 Å². The zero-order valence-electron chi connectivity index (χ0n) is 29.5. The Morgan fingerprint density at radius 1 is 0.816 bits per heavy atom. The van der Waals surface area contributed by atoms with Gasteiger partial charge in [-0.15, -0.1) is 0 Å². The maximum Gasteiger partial charge on any atom is 0.408 e. The first kappa shape index (κ1) is 37.0. The third kappa shape index (κ3) is 11.4. The second-order valence-electron chi connectivity index (χ2n) is 13.7. The molecule has 2 unspecified atom stereocenters. The number of ether oxygens (including phenoxy) is 1. The van der Waals surface area contributed by atoms with Crippen LogP contribution < -0.4 is 10.6 Å². The summed E-state index contributed by atoms with van der Waals surface area (Å²) in [6, 6.07) is 25.9. The first-order valence-corrected chi connectivity index (χ1v) is 17.4. The van der Waals surface area contributed by atoms with Crippen molar-refractivity contribution in [3.8, 4) is 5.75 Å². The summed E-state index contributed by atoms with van der Waals surface area (Å²) in [5.74, 6) is -0.644. The summed E-state index contributed by atoms with van der Waals surface area (Å²) in [6.07, 6.45) is 5.42. The molecular formula is C41H51N3O5. The van der Waals surface area contributed by atoms with Gasteiger partial charge < -0.3 is 25.4 Å². The number of hydrogen-bond acceptors (Lipinski definition) is 5. The highest BCUT2D eigenvalue weighted by Gasteiger charge is 2.36. The summed E-state index contributed by atoms with van der Waals surface area (Å²) in [7, 11) is 0. The third-order valence-electron chi connectivity index (χ3n) is 8.34. The first-order valence-electron chi connectivity index (χ1n) is 17.4. The standard InChI is InChI=1S/C41H51N3O5/c1-6-7-8-9-10-13-25-44(39(47)36(43-40(48)49-41(3,4)5)27-30-19-23-35(45)24-20-30)37(33-18-14-15-29(2)26-33)38(46)42-34-22-21-31-16-11-12-17-32(31)28-34/h11-12,14-24,26,28,36-37,45H,6-10,13,25,27H2,1-5H3,(H,42,46)(H,43,48). The van der Waals surface area contributed by atoms with Crippen molar-refractivity contribution in [2.75, 3.05) is 11.9 Å². The molecule has 3 amide bonds. The van der Waals surface area contributed by atoms with E-state index in [2.05, 4.69) is 17.6 Å². The minimum Gasteiger partial charge on any atom is -0.508 e. The molecule has 0 saturated carbocycles. The van der Waals surface area contributed by atoms with Crippen LogP contribution in [0.1, 0.15) is 89.0 Å². The molecule has 0 aliphatic rings. The average Bonchev–Trinajstić information content (AvgIpc) is 3.05. The molecule has 2 atom stereocenters. The molecule has 3 N–H and O–H groups in total. The molecule has 0 spiro atoms. The van der Waals surface area contributed by atoms with Crippen molar-refractivity contribution in [3.63, 3.8) is 0 Å². The number of aryl methyl sites for hydroxylation is 1. The van der Waals surface area contributed by atoms with Gasteiger partial charge in [-0.25, -0.2) is 4.79 Å². The van der Waals surface area contributed by atoms with E-state index >= 15 is 0 Å². The van der Waals surface area contributed by atoms with Gasteiger partial charge in [0.15, 0.2) is 0 Å². The summed E-state index contributed by atoms with van der Waals surface area (Å²) >= 11 is 0. The molecule has 4 rings (SSSR count). The van der Waals surface area contributed by atoms with Crippen LogP contribution in [-0.2, 0) is 20.7 Å². The Bertz CT molecular complexity index is 1700. The van der Waals surface area contributed by atoms with Crippen LogP contribution in [0, 0.1) is 6.92 Å². The highest BCUT2D eigenvalue weighted by molar-refractivity contribution is 6.00. The molecule has 8 heteroatoms. The number of amides is 3. The third-order valence-corrected chi connectivity index (χ3v) is 8.34. The first-order chi connectivity index (χ1) is 23.4. The normalized spacial score (nSPS) is 12.6. The minimum atomic E-state index is -1.04. The Balaban J connectivity index is 1.74. The van der Waals surface area contributed by atoms with Crippen LogP contribution in [-0.4, -0.2) is 46.1 Å². The summed E-state index contributed by atoms with van der Waals surface area (Å²) < 4.78 is 5.57. The predicted octanol–water partition coefficient (Wildman–Crippen LogP) is 8.86. The Kier molecular flexibility index (Phi) is 13.2. The fourth-order valence-corrected chi connectivity index (χ4v) is 5.94. The maximum absolute atomic E-state index is 14.8. The molecule has 49 heavy (non-hydrogen) atoms. The van der Waals surface area contributed by atoms with Gasteiger partial charge in [0.25, 0.3) is 5.91 Å². The molecule has 0 fully saturated rings. The Hall–Kier alpha value is -4.85. The number of carbonyl (C=O) groups is 3. The SMILES string of the molecule is CCCCCCCCN(C(=O)C(Cc1ccc(O)cc1)NC(=O)OC(C)(C)C)C(C(=O)Nc1ccc2ccccc2c1)c1cccc(C)c1. The Labute approximate surface area is 290 Å². The number of nitrogens with zero attached hydrogens (tertiary/aromatic N) is 1. The van der Waals surface area contributed by atoms with E-state index in [1.807, 2.05) is 73.7 Å². The number of phenolic OH excluding ortho intramolecular Hbond substituents is 1. The lowest BCUT2D eigenvalue weighted by Crippen LogP contribution is -2.53. The fraction of sp³-hybridized carbons (Fsp3) is 0.390. The van der Waals surface area contributed by atoms with E-state index in [0.29, 0.717) is 24.2 Å². The predicted molar refractivity (Wildman–Crippen MR) is 197 cm³/mol. The van der Waals surface area contributed by atoms with Gasteiger partial charge in [-0.05, 0) is 80.3 Å². The molecule has 0 heterocycles. The topological polar surface area (TPSA) is 108 Å². The van der Waals surface area contributed by atoms with Crippen molar-refractivity contribution in [2.24, 2.45) is 0 Å². The number of hydrogen-bond donors (Lipinski definition) is 3. The second-order valence-corrected chi connectivity index (χ2v) is 13.7. The Morgan fingerprint density at radius 3 is 2.20 bits per heavy atom. The lowest BCUT2D eigenvalue weighted by Gasteiger charge is -2.35. The van der Waals surface area contributed by atoms with Crippen molar-refractivity contribution < 1.29 is 24.2 Å². The molecule has 4 aromatic rings. The van der Waals surface area contributed by atoms with Crippen molar-refractivity contribution in [1.82, 2.24) is 10.2 Å². The minimum absolute atomic E-state index is 0.0984. The fourth-order valence-electron chi connectivity index (χ4n) is 5.94. The smallest absolute Gasteiger partial charge is 0.408 e. The van der Waals surface area contributed by atoms with E-state index in [4.69, 9.17) is 4.74 Å². The lowest BCUT2D eigenvalue weighted by atomic mass is 9.98. The maximum atomic E-state index is 14.8. The van der Waals surface area contributed by atoms with Crippen molar-refractivity contribution in [3.05, 3.63) is 108 Å². The molecule has 8 nitrogen and oxygen atoms in total. The highest BCUT2D eigenvalue weighted by Crippen LogP contribution is 2.28. The number of rotatable bonds is 15. The average molecular weight is 666 g/mol. The zero-order chi connectivity index (χ0) is 35.4. The van der Waals surface area contributed by atoms with E-state index in [1.54, 1.807) is 49.9 Å². The van der Waals surface area contributed by atoms with Crippen molar-refractivity contribution >= 4 is 34.4 Å². The number of alkyl carbamates (subject to hydrolysis) is 1. The van der Waals surface area contributed by atoms with E-state index in [9.17, 15) is 19.5 Å². The van der Waals surface area contributed by atoms with Crippen molar-refractivity contribution in [1.29, 1.82) is 0 Å². The number of fused-ring (bicyclic) bond motifs is 1. The van der Waals surface area contributed by atoms with Gasteiger partial charge in [-0.3, -0.25) is 9.59 Å². The number of phenols is 1. The number of anilines is 1. The van der Waals surface area contributed by atoms with Gasteiger partial charge in [-0.1, -0.05) is 111 Å². The van der Waals surface area contributed by atoms with Crippen LogP contribution in [0.25, 0.3) is 10.8 Å². The molecule has 0 bridgehead atoms. The summed E-state index contributed by atoms with van der Waals surface area (Å²) in [5.41, 5.74) is 2.22. The van der Waals surface area contributed by atoms with Crippen LogP contribution >= 0.6 is 0 Å². The van der Waals surface area contributed by atoms with Gasteiger partial charge in [-0.2, -0.15) is 0 Å². The molecule has 0 saturated heterocycles. The summed E-state index contributed by atoms with van der Waals surface area (Å²) in [4.78, 5) is 44.1. The van der Waals surface area contributed by atoms with Gasteiger partial charge in [0.05, 0.1) is 0 Å². The number of benzene rings is 4. The summed E-state index contributed by atoms with van der Waals surface area (Å²) in [6.45, 7) is 9.74. The second kappa shape index (κ2) is 17.5. The summed E-state index contributed by atoms with van der Waals surface area (Å²) in [5, 5.41) is 17.8. The van der Waals surface area contributed by atoms with Gasteiger partial charge in [0.2, 0.25) is 5.91 Å². The van der Waals surface area contributed by atoms with Gasteiger partial charge >= 0.3 is 6.09 Å². The van der Waals surface area contributed by atoms with E-state index in [-0.39, 0.29) is 18.1 Å². The zero-order valence-corrected chi connectivity index (χ0v) is 29.5. The molecule has 0 radical (unpaired) electrons. The number of unbranched alkanes of at least 4 members (excludes halogenated alkanes) is 5. The quantitative estimate of drug-likeness (QED) is 0.110. The highest BCUT2D eigenvalue weighted by atomic mass is 16.6. The van der Waals surface area contributed by atoms with Crippen LogP contribution in [0.15, 0.2) is 91.0 Å².